The predicted octanol–water partition coefficient (Wildman–Crippen LogP) is 0.689. The molecule has 2 rings (SSSR count). The first-order valence-electron chi connectivity index (χ1n) is 4.67. The summed E-state index contributed by atoms with van der Waals surface area (Å²) in [7, 11) is -3.52. The molecular formula is C10H10O5S. The molecular weight excluding hydrogens is 232 g/mol. The molecule has 0 saturated carbocycles. The Morgan fingerprint density at radius 2 is 2.12 bits per heavy atom. The lowest BCUT2D eigenvalue weighted by Gasteiger charge is -2.05. The molecule has 6 heteroatoms. The summed E-state index contributed by atoms with van der Waals surface area (Å²) in [6.45, 7) is 0.332. The largest absolute Gasteiger partial charge is 0.478 e. The molecule has 0 amide bonds. The Morgan fingerprint density at radius 3 is 2.81 bits per heavy atom. The highest BCUT2D eigenvalue weighted by Crippen LogP contribution is 2.22. The number of carboxylic acids is 1. The lowest BCUT2D eigenvalue weighted by atomic mass is 10.1. The maximum atomic E-state index is 11.7. The van der Waals surface area contributed by atoms with Gasteiger partial charge in [0.2, 0.25) is 9.84 Å². The van der Waals surface area contributed by atoms with Crippen molar-refractivity contribution in [3.63, 3.8) is 0 Å². The number of hydrogen-bond donors (Lipinski definition) is 1. The summed E-state index contributed by atoms with van der Waals surface area (Å²) in [5.41, 5.74) is 0.590. The van der Waals surface area contributed by atoms with Crippen molar-refractivity contribution >= 4 is 15.8 Å². The highest BCUT2D eigenvalue weighted by Gasteiger charge is 2.23. The van der Waals surface area contributed by atoms with Gasteiger partial charge in [-0.3, -0.25) is 0 Å². The number of aromatic carboxylic acids is 1. The molecule has 0 atom stereocenters. The van der Waals surface area contributed by atoms with Gasteiger partial charge in [0.25, 0.3) is 0 Å². The first-order chi connectivity index (χ1) is 7.50. The Bertz CT molecular complexity index is 532. The van der Waals surface area contributed by atoms with Gasteiger partial charge in [0.15, 0.2) is 5.94 Å². The van der Waals surface area contributed by atoms with Gasteiger partial charge in [-0.05, 0) is 24.1 Å². The Labute approximate surface area is 92.6 Å². The van der Waals surface area contributed by atoms with Crippen LogP contribution in [0.15, 0.2) is 23.1 Å². The Kier molecular flexibility index (Phi) is 2.69. The van der Waals surface area contributed by atoms with Gasteiger partial charge in [0.1, 0.15) is 0 Å². The normalized spacial score (nSPS) is 18.5. The summed E-state index contributed by atoms with van der Waals surface area (Å²) >= 11 is 0. The zero-order valence-corrected chi connectivity index (χ0v) is 9.16. The van der Waals surface area contributed by atoms with E-state index in [4.69, 9.17) is 9.84 Å². The van der Waals surface area contributed by atoms with E-state index in [0.29, 0.717) is 18.6 Å². The fraction of sp³-hybridized carbons (Fsp3) is 0.300. The van der Waals surface area contributed by atoms with Crippen molar-refractivity contribution in [1.82, 2.24) is 0 Å². The smallest absolute Gasteiger partial charge is 0.335 e. The number of benzene rings is 1. The minimum atomic E-state index is -3.52. The molecule has 5 nitrogen and oxygen atoms in total. The van der Waals surface area contributed by atoms with Crippen molar-refractivity contribution in [2.75, 3.05) is 12.5 Å². The molecule has 0 saturated heterocycles. The van der Waals surface area contributed by atoms with E-state index in [2.05, 4.69) is 0 Å². The highest BCUT2D eigenvalue weighted by atomic mass is 32.2. The molecule has 16 heavy (non-hydrogen) atoms. The van der Waals surface area contributed by atoms with Gasteiger partial charge in [0, 0.05) is 0 Å². The summed E-state index contributed by atoms with van der Waals surface area (Å²) in [5, 5.41) is 8.80. The molecule has 0 aliphatic carbocycles. The predicted molar refractivity (Wildman–Crippen MR) is 55.1 cm³/mol. The summed E-state index contributed by atoms with van der Waals surface area (Å²) in [5.74, 6) is -1.52. The SMILES string of the molecule is O=C(O)c1ccc2c(c1)S(=O)(=O)COCC2. The molecule has 1 aliphatic rings. The molecule has 0 aromatic heterocycles. The molecule has 0 unspecified atom stereocenters. The van der Waals surface area contributed by atoms with E-state index in [1.165, 1.54) is 18.2 Å². The van der Waals surface area contributed by atoms with Crippen LogP contribution in [0.5, 0.6) is 0 Å². The molecule has 1 N–H and O–H groups in total. The van der Waals surface area contributed by atoms with Crippen molar-refractivity contribution in [2.45, 2.75) is 11.3 Å². The number of ether oxygens (including phenoxy) is 1. The average Bonchev–Trinajstić information content (AvgIpc) is 2.37. The summed E-state index contributed by atoms with van der Waals surface area (Å²) < 4.78 is 28.5. The van der Waals surface area contributed by atoms with Crippen LogP contribution in [0.1, 0.15) is 15.9 Å². The number of hydrogen-bond acceptors (Lipinski definition) is 4. The molecule has 86 valence electrons. The topological polar surface area (TPSA) is 80.7 Å². The van der Waals surface area contributed by atoms with E-state index in [1.54, 1.807) is 0 Å². The summed E-state index contributed by atoms with van der Waals surface area (Å²) in [6, 6.07) is 4.13. The molecule has 0 bridgehead atoms. The lowest BCUT2D eigenvalue weighted by molar-refractivity contribution is 0.0696. The van der Waals surface area contributed by atoms with E-state index in [0.717, 1.165) is 0 Å². The van der Waals surface area contributed by atoms with E-state index in [9.17, 15) is 13.2 Å². The third-order valence-electron chi connectivity index (χ3n) is 2.40. The van der Waals surface area contributed by atoms with Crippen molar-refractivity contribution in [3.8, 4) is 0 Å². The molecule has 1 aromatic rings. The van der Waals surface area contributed by atoms with Gasteiger partial charge in [-0.25, -0.2) is 13.2 Å². The summed E-state index contributed by atoms with van der Waals surface area (Å²) in [6.07, 6.45) is 0.481. The molecule has 1 heterocycles. The van der Waals surface area contributed by atoms with E-state index < -0.39 is 15.8 Å². The van der Waals surface area contributed by atoms with Crippen LogP contribution in [-0.4, -0.2) is 32.0 Å². The number of sulfone groups is 1. The van der Waals surface area contributed by atoms with Gasteiger partial charge < -0.3 is 9.84 Å². The standard InChI is InChI=1S/C10H10O5S/c11-10(12)8-2-1-7-3-4-15-6-16(13,14)9(7)5-8/h1-2,5H,3-4,6H2,(H,11,12). The van der Waals surface area contributed by atoms with Crippen LogP contribution in [0.2, 0.25) is 0 Å². The highest BCUT2D eigenvalue weighted by molar-refractivity contribution is 7.91. The molecule has 1 aromatic carbocycles. The van der Waals surface area contributed by atoms with Gasteiger partial charge >= 0.3 is 5.97 Å². The van der Waals surface area contributed by atoms with Crippen LogP contribution in [0, 0.1) is 0 Å². The third kappa shape index (κ3) is 1.94. The first kappa shape index (κ1) is 11.1. The zero-order valence-electron chi connectivity index (χ0n) is 8.34. The van der Waals surface area contributed by atoms with Crippen molar-refractivity contribution < 1.29 is 23.1 Å². The second kappa shape index (κ2) is 3.88. The van der Waals surface area contributed by atoms with Gasteiger partial charge in [-0.15, -0.1) is 0 Å². The molecule has 0 spiro atoms. The second-order valence-electron chi connectivity index (χ2n) is 3.52. The number of carbonyl (C=O) groups is 1. The maximum absolute atomic E-state index is 11.7. The van der Waals surface area contributed by atoms with Crippen molar-refractivity contribution in [1.29, 1.82) is 0 Å². The number of fused-ring (bicyclic) bond motifs is 1. The second-order valence-corrected chi connectivity index (χ2v) is 5.42. The maximum Gasteiger partial charge on any atom is 0.335 e. The zero-order chi connectivity index (χ0) is 11.8. The van der Waals surface area contributed by atoms with Gasteiger partial charge in [-0.2, -0.15) is 0 Å². The van der Waals surface area contributed by atoms with Gasteiger partial charge in [-0.1, -0.05) is 6.07 Å². The Morgan fingerprint density at radius 1 is 1.38 bits per heavy atom. The Hall–Kier alpha value is -1.40. The lowest BCUT2D eigenvalue weighted by Crippen LogP contribution is -2.09. The quantitative estimate of drug-likeness (QED) is 0.783. The number of rotatable bonds is 1. The minimum Gasteiger partial charge on any atom is -0.478 e. The fourth-order valence-corrected chi connectivity index (χ4v) is 2.94. The summed E-state index contributed by atoms with van der Waals surface area (Å²) in [4.78, 5) is 10.8. The van der Waals surface area contributed by atoms with Crippen LogP contribution in [0.3, 0.4) is 0 Å². The van der Waals surface area contributed by atoms with E-state index in [-0.39, 0.29) is 16.4 Å². The molecule has 1 aliphatic heterocycles. The van der Waals surface area contributed by atoms with Crippen LogP contribution < -0.4 is 0 Å². The van der Waals surface area contributed by atoms with E-state index >= 15 is 0 Å². The monoisotopic (exact) mass is 242 g/mol. The van der Waals surface area contributed by atoms with Crippen molar-refractivity contribution in [3.05, 3.63) is 29.3 Å². The minimum absolute atomic E-state index is 0.0239. The van der Waals surface area contributed by atoms with Crippen LogP contribution in [0.4, 0.5) is 0 Å². The average molecular weight is 242 g/mol. The van der Waals surface area contributed by atoms with Crippen LogP contribution in [0.25, 0.3) is 0 Å². The van der Waals surface area contributed by atoms with Gasteiger partial charge in [0.05, 0.1) is 17.1 Å². The third-order valence-corrected chi connectivity index (χ3v) is 3.93. The molecule has 0 fully saturated rings. The first-order valence-corrected chi connectivity index (χ1v) is 6.33. The van der Waals surface area contributed by atoms with Crippen molar-refractivity contribution in [2.24, 2.45) is 0 Å². The van der Waals surface area contributed by atoms with E-state index in [1.807, 2.05) is 0 Å². The Balaban J connectivity index is 2.62. The number of carboxylic acid groups (broad SMARTS) is 1. The van der Waals surface area contributed by atoms with Crippen LogP contribution >= 0.6 is 0 Å². The van der Waals surface area contributed by atoms with Crippen LogP contribution in [-0.2, 0) is 21.0 Å². The molecule has 0 radical (unpaired) electrons. The fourth-order valence-electron chi connectivity index (χ4n) is 1.60.